The number of aldehydes is 1. The van der Waals surface area contributed by atoms with Gasteiger partial charge in [-0.2, -0.15) is 0 Å². The van der Waals surface area contributed by atoms with Gasteiger partial charge in [0.05, 0.1) is 0 Å². The molecule has 0 saturated heterocycles. The summed E-state index contributed by atoms with van der Waals surface area (Å²) < 4.78 is 0. The van der Waals surface area contributed by atoms with Gasteiger partial charge in [0.25, 0.3) is 0 Å². The van der Waals surface area contributed by atoms with Crippen LogP contribution in [0.15, 0.2) is 67.7 Å². The number of carbonyl (C=O) groups is 1. The van der Waals surface area contributed by atoms with Crippen LogP contribution in [-0.4, -0.2) is 43.9 Å². The van der Waals surface area contributed by atoms with Crippen LogP contribution in [0.3, 0.4) is 0 Å². The van der Waals surface area contributed by atoms with Gasteiger partial charge in [0.2, 0.25) is 0 Å². The molecule has 0 amide bonds. The molecule has 1 aromatic carbocycles. The lowest BCUT2D eigenvalue weighted by Crippen LogP contribution is -2.11. The molecule has 0 saturated carbocycles. The van der Waals surface area contributed by atoms with Gasteiger partial charge in [-0.25, -0.2) is 0 Å². The van der Waals surface area contributed by atoms with E-state index in [2.05, 4.69) is 52.6 Å². The largest absolute Gasteiger partial charge is 0.380 e. The van der Waals surface area contributed by atoms with Crippen molar-refractivity contribution in [3.8, 4) is 11.1 Å². The predicted molar refractivity (Wildman–Crippen MR) is 119 cm³/mol. The smallest absolute Gasteiger partial charge is 0.142 e. The van der Waals surface area contributed by atoms with Crippen LogP contribution in [0.2, 0.25) is 0 Å². The highest BCUT2D eigenvalue weighted by atomic mass is 16.1. The van der Waals surface area contributed by atoms with Crippen LogP contribution in [0.1, 0.15) is 18.1 Å². The van der Waals surface area contributed by atoms with E-state index in [1.54, 1.807) is 0 Å². The van der Waals surface area contributed by atoms with Gasteiger partial charge < -0.3 is 9.80 Å². The second-order valence-electron chi connectivity index (χ2n) is 6.85. The van der Waals surface area contributed by atoms with Crippen molar-refractivity contribution in [2.45, 2.75) is 13.3 Å². The van der Waals surface area contributed by atoms with Gasteiger partial charge in [0, 0.05) is 63.1 Å². The van der Waals surface area contributed by atoms with Crippen molar-refractivity contribution in [2.24, 2.45) is 0 Å². The Bertz CT molecular complexity index is 881. The Labute approximate surface area is 168 Å². The molecule has 28 heavy (non-hydrogen) atoms. The van der Waals surface area contributed by atoms with E-state index >= 15 is 0 Å². The maximum absolute atomic E-state index is 10.8. The summed E-state index contributed by atoms with van der Waals surface area (Å²) in [6, 6.07) is 8.56. The van der Waals surface area contributed by atoms with Crippen LogP contribution >= 0.6 is 0 Å². The van der Waals surface area contributed by atoms with Gasteiger partial charge in [0.15, 0.2) is 0 Å². The van der Waals surface area contributed by atoms with Crippen LogP contribution in [0.5, 0.6) is 0 Å². The Morgan fingerprint density at radius 3 is 2.57 bits per heavy atom. The number of carbonyl (C=O) groups excluding carboxylic acids is 1. The molecule has 0 spiro atoms. The SMILES string of the molecule is C=CCc1cc(-c2cncc(C(/C=C\C=O)=C/N(C)CC)c2)ccc1N(C)C. The lowest BCUT2D eigenvalue weighted by atomic mass is 9.98. The molecular weight excluding hydrogens is 346 g/mol. The highest BCUT2D eigenvalue weighted by Crippen LogP contribution is 2.29. The van der Waals surface area contributed by atoms with E-state index in [1.165, 1.54) is 17.3 Å². The second kappa shape index (κ2) is 10.3. The maximum atomic E-state index is 10.8. The second-order valence-corrected chi connectivity index (χ2v) is 6.85. The molecule has 1 heterocycles. The fourth-order valence-corrected chi connectivity index (χ4v) is 2.96. The van der Waals surface area contributed by atoms with E-state index in [4.69, 9.17) is 0 Å². The molecule has 0 bridgehead atoms. The number of hydrogen-bond acceptors (Lipinski definition) is 4. The summed E-state index contributed by atoms with van der Waals surface area (Å²) in [4.78, 5) is 19.4. The number of pyridine rings is 1. The maximum Gasteiger partial charge on any atom is 0.142 e. The number of anilines is 1. The molecule has 4 nitrogen and oxygen atoms in total. The predicted octanol–water partition coefficient (Wildman–Crippen LogP) is 4.59. The third-order valence-corrected chi connectivity index (χ3v) is 4.54. The van der Waals surface area contributed by atoms with Crippen molar-refractivity contribution >= 4 is 17.5 Å². The number of allylic oxidation sites excluding steroid dienone is 4. The number of hydrogen-bond donors (Lipinski definition) is 0. The third-order valence-electron chi connectivity index (χ3n) is 4.54. The molecule has 0 aliphatic heterocycles. The molecule has 0 aliphatic rings. The first-order valence-electron chi connectivity index (χ1n) is 9.41. The molecule has 0 fully saturated rings. The average molecular weight is 376 g/mol. The molecule has 2 aromatic rings. The number of rotatable bonds is 9. The molecule has 4 heteroatoms. The van der Waals surface area contributed by atoms with Crippen LogP contribution < -0.4 is 4.90 Å². The lowest BCUT2D eigenvalue weighted by Gasteiger charge is -2.18. The molecular formula is C24H29N3O. The van der Waals surface area contributed by atoms with E-state index in [9.17, 15) is 4.79 Å². The summed E-state index contributed by atoms with van der Waals surface area (Å²) in [5.74, 6) is 0. The summed E-state index contributed by atoms with van der Waals surface area (Å²) in [6.07, 6.45) is 12.6. The highest BCUT2D eigenvalue weighted by Gasteiger charge is 2.08. The van der Waals surface area contributed by atoms with E-state index in [-0.39, 0.29) is 0 Å². The molecule has 0 unspecified atom stereocenters. The Morgan fingerprint density at radius 2 is 1.93 bits per heavy atom. The summed E-state index contributed by atoms with van der Waals surface area (Å²) in [6.45, 7) is 6.84. The van der Waals surface area contributed by atoms with Crippen LogP contribution in [-0.2, 0) is 11.2 Å². The summed E-state index contributed by atoms with van der Waals surface area (Å²) >= 11 is 0. The summed E-state index contributed by atoms with van der Waals surface area (Å²) in [5, 5.41) is 0. The number of benzene rings is 1. The van der Waals surface area contributed by atoms with Crippen molar-refractivity contribution in [3.05, 3.63) is 78.8 Å². The first kappa shape index (κ1) is 21.2. The van der Waals surface area contributed by atoms with E-state index in [0.29, 0.717) is 0 Å². The molecule has 0 atom stereocenters. The molecule has 1 aromatic heterocycles. The fourth-order valence-electron chi connectivity index (χ4n) is 2.96. The quantitative estimate of drug-likeness (QED) is 0.278. The van der Waals surface area contributed by atoms with Crippen LogP contribution in [0.4, 0.5) is 5.69 Å². The zero-order chi connectivity index (χ0) is 20.5. The van der Waals surface area contributed by atoms with Crippen molar-refractivity contribution in [3.63, 3.8) is 0 Å². The monoisotopic (exact) mass is 375 g/mol. The van der Waals surface area contributed by atoms with Gasteiger partial charge in [0.1, 0.15) is 6.29 Å². The summed E-state index contributed by atoms with van der Waals surface area (Å²) in [7, 11) is 6.10. The Morgan fingerprint density at radius 1 is 1.14 bits per heavy atom. The van der Waals surface area contributed by atoms with Gasteiger partial charge in [-0.1, -0.05) is 12.1 Å². The third kappa shape index (κ3) is 5.43. The van der Waals surface area contributed by atoms with Crippen molar-refractivity contribution in [1.29, 1.82) is 0 Å². The number of nitrogens with zero attached hydrogens (tertiary/aromatic N) is 3. The topological polar surface area (TPSA) is 36.4 Å². The van der Waals surface area contributed by atoms with Gasteiger partial charge in [-0.05, 0) is 60.4 Å². The highest BCUT2D eigenvalue weighted by molar-refractivity contribution is 5.81. The molecule has 0 N–H and O–H groups in total. The molecule has 2 rings (SSSR count). The van der Waals surface area contributed by atoms with Crippen molar-refractivity contribution < 1.29 is 4.79 Å². The fraction of sp³-hybridized carbons (Fsp3) is 0.250. The molecule has 146 valence electrons. The Balaban J connectivity index is 2.50. The summed E-state index contributed by atoms with van der Waals surface area (Å²) in [5.41, 5.74) is 6.48. The number of aromatic nitrogens is 1. The van der Waals surface area contributed by atoms with Crippen LogP contribution in [0, 0.1) is 0 Å². The van der Waals surface area contributed by atoms with Crippen molar-refractivity contribution in [2.75, 3.05) is 32.6 Å². The minimum absolute atomic E-state index is 0.790. The van der Waals surface area contributed by atoms with Crippen molar-refractivity contribution in [1.82, 2.24) is 9.88 Å². The van der Waals surface area contributed by atoms with Crippen LogP contribution in [0.25, 0.3) is 16.7 Å². The minimum Gasteiger partial charge on any atom is -0.380 e. The van der Waals surface area contributed by atoms with Gasteiger partial charge >= 0.3 is 0 Å². The zero-order valence-corrected chi connectivity index (χ0v) is 17.2. The minimum atomic E-state index is 0.790. The first-order valence-corrected chi connectivity index (χ1v) is 9.41. The van der Waals surface area contributed by atoms with E-state index in [1.807, 2.05) is 51.9 Å². The lowest BCUT2D eigenvalue weighted by molar-refractivity contribution is -0.104. The Hall–Kier alpha value is -3.14. The Kier molecular flexibility index (Phi) is 7.76. The normalized spacial score (nSPS) is 11.5. The molecule has 0 aliphatic carbocycles. The average Bonchev–Trinajstić information content (AvgIpc) is 2.71. The van der Waals surface area contributed by atoms with E-state index < -0.39 is 0 Å². The molecule has 0 radical (unpaired) electrons. The standard InChI is InChI=1S/C24H29N3O/c1-6-9-20-14-19(11-12-24(20)26(3)4)22-15-23(17-25-16-22)21(10-8-13-28)18-27(5)7-2/h6,8,10-18H,1,7,9H2,2-5H3/b10-8-,21-18+. The first-order chi connectivity index (χ1) is 13.5. The van der Waals surface area contributed by atoms with Gasteiger partial charge in [-0.3, -0.25) is 9.78 Å². The van der Waals surface area contributed by atoms with Gasteiger partial charge in [-0.15, -0.1) is 6.58 Å². The zero-order valence-electron chi connectivity index (χ0n) is 17.2. The van der Waals surface area contributed by atoms with E-state index in [0.717, 1.165) is 41.5 Å².